The standard InChI is InChI=1S/C10H12N3P/c1-10(2,3)9-11-12-13(14-9)8-6-4-5-7-8/h4-6H,1-3H3. The molecular weight excluding hydrogens is 193 g/mol. The van der Waals surface area contributed by atoms with Crippen LogP contribution >= 0.6 is 8.35 Å². The van der Waals surface area contributed by atoms with Crippen molar-refractivity contribution in [1.82, 2.24) is 14.8 Å². The summed E-state index contributed by atoms with van der Waals surface area (Å²) in [4.78, 5) is 0. The van der Waals surface area contributed by atoms with E-state index < -0.39 is 0 Å². The summed E-state index contributed by atoms with van der Waals surface area (Å²) in [6.07, 6.45) is 5.82. The van der Waals surface area contributed by atoms with Gasteiger partial charge in [0.1, 0.15) is 11.1 Å². The molecule has 1 aromatic heterocycles. The molecule has 0 aliphatic heterocycles. The molecule has 1 aliphatic rings. The maximum atomic E-state index is 4.18. The number of allylic oxidation sites excluding steroid dienone is 3. The summed E-state index contributed by atoms with van der Waals surface area (Å²) in [5, 5.41) is 8.28. The summed E-state index contributed by atoms with van der Waals surface area (Å²) < 4.78 is 1.85. The molecule has 0 fully saturated rings. The fraction of sp³-hybridized carbons (Fsp3) is 0.400. The van der Waals surface area contributed by atoms with E-state index in [9.17, 15) is 0 Å². The van der Waals surface area contributed by atoms with Crippen LogP contribution in [0.4, 0.5) is 0 Å². The lowest BCUT2D eigenvalue weighted by molar-refractivity contribution is 0.575. The lowest BCUT2D eigenvalue weighted by Gasteiger charge is -2.11. The van der Waals surface area contributed by atoms with Gasteiger partial charge in [-0.25, -0.2) is 0 Å². The third-order valence-electron chi connectivity index (χ3n) is 1.88. The molecule has 1 aromatic rings. The highest BCUT2D eigenvalue weighted by molar-refractivity contribution is 7.27. The Balaban J connectivity index is 2.36. The van der Waals surface area contributed by atoms with Crippen molar-refractivity contribution in [3.05, 3.63) is 29.4 Å². The summed E-state index contributed by atoms with van der Waals surface area (Å²) >= 11 is 0. The molecule has 72 valence electrons. The molecule has 0 N–H and O–H groups in total. The van der Waals surface area contributed by atoms with Crippen LogP contribution in [0.3, 0.4) is 0 Å². The van der Waals surface area contributed by atoms with E-state index >= 15 is 0 Å². The molecule has 0 saturated heterocycles. The Morgan fingerprint density at radius 2 is 2.21 bits per heavy atom. The Hall–Kier alpha value is -1.17. The van der Waals surface area contributed by atoms with Crippen LogP contribution in [0.5, 0.6) is 0 Å². The van der Waals surface area contributed by atoms with Crippen LogP contribution in [-0.2, 0) is 5.41 Å². The summed E-state index contributed by atoms with van der Waals surface area (Å²) in [7, 11) is 1.04. The van der Waals surface area contributed by atoms with Crippen molar-refractivity contribution >= 4 is 14.0 Å². The van der Waals surface area contributed by atoms with Gasteiger partial charge in [-0.3, -0.25) is 0 Å². The molecular formula is C10H12N3P. The molecule has 0 atom stereocenters. The van der Waals surface area contributed by atoms with E-state index in [0.29, 0.717) is 0 Å². The zero-order chi connectivity index (χ0) is 10.2. The average molecular weight is 205 g/mol. The fourth-order valence-corrected chi connectivity index (χ4v) is 1.93. The van der Waals surface area contributed by atoms with E-state index in [-0.39, 0.29) is 5.41 Å². The van der Waals surface area contributed by atoms with Gasteiger partial charge in [0.25, 0.3) is 0 Å². The minimum atomic E-state index is 0.0897. The highest BCUT2D eigenvalue weighted by Gasteiger charge is 2.19. The van der Waals surface area contributed by atoms with Crippen LogP contribution in [0.15, 0.2) is 24.0 Å². The fourth-order valence-electron chi connectivity index (χ4n) is 1.06. The normalized spacial score (nSPS) is 15.5. The van der Waals surface area contributed by atoms with E-state index in [1.54, 1.807) is 0 Å². The molecule has 1 heterocycles. The first-order chi connectivity index (χ1) is 6.57. The van der Waals surface area contributed by atoms with Gasteiger partial charge in [-0.2, -0.15) is 4.44 Å². The summed E-state index contributed by atoms with van der Waals surface area (Å²) in [5.41, 5.74) is 5.26. The maximum absolute atomic E-state index is 4.18. The first-order valence-electron chi connectivity index (χ1n) is 4.51. The quantitative estimate of drug-likeness (QED) is 0.660. The van der Waals surface area contributed by atoms with Gasteiger partial charge in [0, 0.05) is 5.41 Å². The Bertz CT molecular complexity index is 442. The topological polar surface area (TPSA) is 30.7 Å². The molecule has 4 heteroatoms. The van der Waals surface area contributed by atoms with E-state index in [2.05, 4.69) is 36.8 Å². The molecule has 0 radical (unpaired) electrons. The number of aromatic nitrogens is 3. The Kier molecular flexibility index (Phi) is 2.14. The lowest BCUT2D eigenvalue weighted by atomic mass is 9.98. The smallest absolute Gasteiger partial charge is 0.116 e. The number of nitrogens with zero attached hydrogens (tertiary/aromatic N) is 3. The molecule has 0 unspecified atom stereocenters. The SMILES string of the molecule is CC(C)(C)c1nnn(C2=C=CC=C2)p1. The molecule has 0 amide bonds. The van der Waals surface area contributed by atoms with Gasteiger partial charge in [0.15, 0.2) is 0 Å². The van der Waals surface area contributed by atoms with Crippen LogP contribution in [0.2, 0.25) is 0 Å². The van der Waals surface area contributed by atoms with Crippen LogP contribution in [0, 0.1) is 0 Å². The predicted molar refractivity (Wildman–Crippen MR) is 58.2 cm³/mol. The number of rotatable bonds is 1. The maximum Gasteiger partial charge on any atom is 0.116 e. The lowest BCUT2D eigenvalue weighted by Crippen LogP contribution is -2.09. The average Bonchev–Trinajstić information content (AvgIpc) is 2.73. The van der Waals surface area contributed by atoms with Crippen molar-refractivity contribution < 1.29 is 0 Å². The van der Waals surface area contributed by atoms with Crippen molar-refractivity contribution in [2.45, 2.75) is 26.2 Å². The van der Waals surface area contributed by atoms with Gasteiger partial charge in [-0.05, 0) is 12.2 Å². The second-order valence-electron chi connectivity index (χ2n) is 4.21. The molecule has 0 spiro atoms. The zero-order valence-corrected chi connectivity index (χ0v) is 9.42. The van der Waals surface area contributed by atoms with Crippen molar-refractivity contribution in [2.24, 2.45) is 0 Å². The zero-order valence-electron chi connectivity index (χ0n) is 8.52. The monoisotopic (exact) mass is 205 g/mol. The highest BCUT2D eigenvalue weighted by atomic mass is 31.0. The van der Waals surface area contributed by atoms with E-state index in [1.165, 1.54) is 0 Å². The van der Waals surface area contributed by atoms with Crippen LogP contribution < -0.4 is 0 Å². The molecule has 0 bridgehead atoms. The van der Waals surface area contributed by atoms with E-state index in [1.807, 2.05) is 22.7 Å². The van der Waals surface area contributed by atoms with Gasteiger partial charge >= 0.3 is 0 Å². The summed E-state index contributed by atoms with van der Waals surface area (Å²) in [6.45, 7) is 6.44. The van der Waals surface area contributed by atoms with E-state index in [0.717, 1.165) is 19.5 Å². The van der Waals surface area contributed by atoms with Gasteiger partial charge in [-0.15, -0.1) is 5.10 Å². The van der Waals surface area contributed by atoms with Crippen molar-refractivity contribution in [3.63, 3.8) is 0 Å². The minimum absolute atomic E-state index is 0.0897. The Labute approximate surface area is 85.0 Å². The second-order valence-corrected chi connectivity index (χ2v) is 5.21. The highest BCUT2D eigenvalue weighted by Crippen LogP contribution is 2.28. The number of hydrogen-bond acceptors (Lipinski definition) is 2. The van der Waals surface area contributed by atoms with Crippen molar-refractivity contribution in [1.29, 1.82) is 0 Å². The van der Waals surface area contributed by atoms with Crippen molar-refractivity contribution in [2.75, 3.05) is 0 Å². The van der Waals surface area contributed by atoms with Gasteiger partial charge < -0.3 is 0 Å². The molecule has 1 aliphatic carbocycles. The molecule has 0 aromatic carbocycles. The minimum Gasteiger partial charge on any atom is -0.187 e. The van der Waals surface area contributed by atoms with Gasteiger partial charge in [-0.1, -0.05) is 37.8 Å². The van der Waals surface area contributed by atoms with Crippen LogP contribution in [-0.4, -0.2) is 14.8 Å². The third-order valence-corrected chi connectivity index (χ3v) is 3.32. The second kappa shape index (κ2) is 3.20. The largest absolute Gasteiger partial charge is 0.187 e. The summed E-state index contributed by atoms with van der Waals surface area (Å²) in [6, 6.07) is 0. The van der Waals surface area contributed by atoms with Crippen molar-refractivity contribution in [3.8, 4) is 0 Å². The Morgan fingerprint density at radius 3 is 2.71 bits per heavy atom. The van der Waals surface area contributed by atoms with Gasteiger partial charge in [0.2, 0.25) is 0 Å². The molecule has 0 saturated carbocycles. The predicted octanol–water partition coefficient (Wildman–Crippen LogP) is 2.72. The third kappa shape index (κ3) is 1.70. The van der Waals surface area contributed by atoms with Gasteiger partial charge in [0.05, 0.1) is 8.35 Å². The van der Waals surface area contributed by atoms with Crippen LogP contribution in [0.1, 0.15) is 26.2 Å². The van der Waals surface area contributed by atoms with E-state index in [4.69, 9.17) is 0 Å². The summed E-state index contributed by atoms with van der Waals surface area (Å²) in [5.74, 6) is 0. The van der Waals surface area contributed by atoms with Crippen LogP contribution in [0.25, 0.3) is 5.70 Å². The number of hydrogen-bond donors (Lipinski definition) is 0. The molecule has 3 nitrogen and oxygen atoms in total. The Morgan fingerprint density at radius 1 is 1.43 bits per heavy atom. The first-order valence-corrected chi connectivity index (χ1v) is 5.36. The molecule has 2 rings (SSSR count). The molecule has 14 heavy (non-hydrogen) atoms. The first kappa shape index (κ1) is 9.39.